The second-order valence-electron chi connectivity index (χ2n) is 4.68. The Labute approximate surface area is 105 Å². The van der Waals surface area contributed by atoms with Crippen LogP contribution in [0.15, 0.2) is 10.9 Å². The number of nitrogens with one attached hydrogen (secondary N) is 1. The molecule has 0 aliphatic heterocycles. The van der Waals surface area contributed by atoms with E-state index in [0.29, 0.717) is 0 Å². The summed E-state index contributed by atoms with van der Waals surface area (Å²) in [5.74, 6) is -0.533. The molecule has 1 saturated carbocycles. The topological polar surface area (TPSA) is 62.2 Å². The molecule has 0 spiro atoms. The Hall–Kier alpha value is -0.940. The number of hydrogen-bond acceptors (Lipinski definition) is 4. The van der Waals surface area contributed by atoms with Gasteiger partial charge in [-0.3, -0.25) is 4.79 Å². The fourth-order valence-electron chi connectivity index (χ4n) is 2.47. The lowest BCUT2D eigenvalue weighted by molar-refractivity contribution is -0.142. The number of carboxylic acids is 1. The van der Waals surface area contributed by atoms with Crippen molar-refractivity contribution in [3.8, 4) is 0 Å². The molecule has 4 nitrogen and oxygen atoms in total. The van der Waals surface area contributed by atoms with Crippen LogP contribution in [0.4, 0.5) is 0 Å². The van der Waals surface area contributed by atoms with Gasteiger partial charge in [-0.25, -0.2) is 4.98 Å². The predicted octanol–water partition coefficient (Wildman–Crippen LogP) is 2.29. The summed E-state index contributed by atoms with van der Waals surface area (Å²) in [4.78, 5) is 15.3. The van der Waals surface area contributed by atoms with E-state index in [1.165, 1.54) is 0 Å². The van der Waals surface area contributed by atoms with Gasteiger partial charge in [0.15, 0.2) is 0 Å². The number of nitrogens with zero attached hydrogens (tertiary/aromatic N) is 1. The normalized spacial score (nSPS) is 25.9. The van der Waals surface area contributed by atoms with Crippen molar-refractivity contribution in [2.45, 2.75) is 32.2 Å². The molecule has 1 heterocycles. The minimum atomic E-state index is -0.643. The number of carboxylic acid groups (broad SMARTS) is 1. The summed E-state index contributed by atoms with van der Waals surface area (Å²) in [5.41, 5.74) is 2.86. The van der Waals surface area contributed by atoms with Crippen LogP contribution in [0.5, 0.6) is 0 Å². The maximum atomic E-state index is 11.0. The van der Waals surface area contributed by atoms with Gasteiger partial charge in [-0.1, -0.05) is 6.42 Å². The lowest BCUT2D eigenvalue weighted by atomic mass is 9.96. The third kappa shape index (κ3) is 3.04. The standard InChI is InChI=1S/C12H18N2O2S/c1-8(11-6-17-7-14-11)13-5-9-3-2-4-10(9)12(15)16/h6-10,13H,2-5H2,1H3,(H,15,16). The first kappa shape index (κ1) is 12.5. The average Bonchev–Trinajstić information content (AvgIpc) is 2.96. The highest BCUT2D eigenvalue weighted by atomic mass is 32.1. The maximum absolute atomic E-state index is 11.0. The van der Waals surface area contributed by atoms with Gasteiger partial charge >= 0.3 is 5.97 Å². The highest BCUT2D eigenvalue weighted by Gasteiger charge is 2.32. The fourth-order valence-corrected chi connectivity index (χ4v) is 3.12. The molecule has 2 N–H and O–H groups in total. The largest absolute Gasteiger partial charge is 0.481 e. The van der Waals surface area contributed by atoms with Crippen LogP contribution in [0.1, 0.15) is 37.9 Å². The van der Waals surface area contributed by atoms with Gasteiger partial charge in [0, 0.05) is 11.4 Å². The molecule has 1 aromatic rings. The molecule has 1 fully saturated rings. The van der Waals surface area contributed by atoms with Crippen molar-refractivity contribution in [2.75, 3.05) is 6.54 Å². The summed E-state index contributed by atoms with van der Waals surface area (Å²) in [6.45, 7) is 2.84. The van der Waals surface area contributed by atoms with E-state index in [1.807, 2.05) is 10.9 Å². The third-order valence-electron chi connectivity index (χ3n) is 3.56. The predicted molar refractivity (Wildman–Crippen MR) is 67.0 cm³/mol. The summed E-state index contributed by atoms with van der Waals surface area (Å²) < 4.78 is 0. The van der Waals surface area contributed by atoms with Crippen molar-refractivity contribution in [3.05, 3.63) is 16.6 Å². The van der Waals surface area contributed by atoms with Gasteiger partial charge in [0.05, 0.1) is 17.1 Å². The highest BCUT2D eigenvalue weighted by molar-refractivity contribution is 7.07. The van der Waals surface area contributed by atoms with Gasteiger partial charge in [-0.15, -0.1) is 11.3 Å². The minimum Gasteiger partial charge on any atom is -0.481 e. The Morgan fingerprint density at radius 2 is 2.53 bits per heavy atom. The Kier molecular flexibility index (Phi) is 4.12. The molecule has 2 rings (SSSR count). The van der Waals surface area contributed by atoms with Gasteiger partial charge in [-0.2, -0.15) is 0 Å². The van der Waals surface area contributed by atoms with E-state index in [-0.39, 0.29) is 17.9 Å². The molecule has 3 atom stereocenters. The van der Waals surface area contributed by atoms with Gasteiger partial charge < -0.3 is 10.4 Å². The SMILES string of the molecule is CC(NCC1CCCC1C(=O)O)c1cscn1. The molecular formula is C12H18N2O2S. The molecule has 0 radical (unpaired) electrons. The smallest absolute Gasteiger partial charge is 0.306 e. The highest BCUT2D eigenvalue weighted by Crippen LogP contribution is 2.31. The number of aliphatic carboxylic acids is 1. The molecule has 0 bridgehead atoms. The molecule has 17 heavy (non-hydrogen) atoms. The van der Waals surface area contributed by atoms with Crippen molar-refractivity contribution in [1.82, 2.24) is 10.3 Å². The monoisotopic (exact) mass is 254 g/mol. The molecule has 0 saturated heterocycles. The first-order valence-corrected chi connectivity index (χ1v) is 6.97. The third-order valence-corrected chi connectivity index (χ3v) is 4.16. The van der Waals surface area contributed by atoms with Crippen molar-refractivity contribution in [1.29, 1.82) is 0 Å². The quantitative estimate of drug-likeness (QED) is 0.846. The van der Waals surface area contributed by atoms with Crippen molar-refractivity contribution in [3.63, 3.8) is 0 Å². The number of thiazole rings is 1. The average molecular weight is 254 g/mol. The zero-order valence-electron chi connectivity index (χ0n) is 9.93. The van der Waals surface area contributed by atoms with Crippen molar-refractivity contribution < 1.29 is 9.90 Å². The van der Waals surface area contributed by atoms with Crippen LogP contribution in [0.2, 0.25) is 0 Å². The number of rotatable bonds is 5. The van der Waals surface area contributed by atoms with Gasteiger partial charge in [0.25, 0.3) is 0 Å². The van der Waals surface area contributed by atoms with Crippen molar-refractivity contribution in [2.24, 2.45) is 11.8 Å². The number of aromatic nitrogens is 1. The maximum Gasteiger partial charge on any atom is 0.306 e. The molecule has 1 aliphatic rings. The first-order valence-electron chi connectivity index (χ1n) is 6.02. The second kappa shape index (κ2) is 5.60. The van der Waals surface area contributed by atoms with E-state index in [9.17, 15) is 4.79 Å². The van der Waals surface area contributed by atoms with Gasteiger partial charge in [-0.05, 0) is 32.2 Å². The van der Waals surface area contributed by atoms with Crippen LogP contribution in [0, 0.1) is 11.8 Å². The van der Waals surface area contributed by atoms with Crippen LogP contribution in [0.3, 0.4) is 0 Å². The molecule has 0 amide bonds. The summed E-state index contributed by atoms with van der Waals surface area (Å²) >= 11 is 1.59. The Bertz CT molecular complexity index is 367. The van der Waals surface area contributed by atoms with E-state index in [0.717, 1.165) is 31.5 Å². The van der Waals surface area contributed by atoms with Crippen LogP contribution < -0.4 is 5.32 Å². The van der Waals surface area contributed by atoms with E-state index in [1.54, 1.807) is 11.3 Å². The zero-order chi connectivity index (χ0) is 12.3. The van der Waals surface area contributed by atoms with Crippen LogP contribution >= 0.6 is 11.3 Å². The Morgan fingerprint density at radius 3 is 3.18 bits per heavy atom. The zero-order valence-corrected chi connectivity index (χ0v) is 10.7. The van der Waals surface area contributed by atoms with Crippen LogP contribution in [-0.4, -0.2) is 22.6 Å². The van der Waals surface area contributed by atoms with E-state index in [2.05, 4.69) is 17.2 Å². The molecule has 94 valence electrons. The number of carbonyl (C=O) groups is 1. The summed E-state index contributed by atoms with van der Waals surface area (Å²) in [7, 11) is 0. The molecule has 1 aliphatic carbocycles. The van der Waals surface area contributed by atoms with Gasteiger partial charge in [0.1, 0.15) is 0 Å². The van der Waals surface area contributed by atoms with Crippen molar-refractivity contribution >= 4 is 17.3 Å². The Balaban J connectivity index is 1.83. The van der Waals surface area contributed by atoms with E-state index >= 15 is 0 Å². The molecule has 5 heteroatoms. The van der Waals surface area contributed by atoms with Crippen LogP contribution in [0.25, 0.3) is 0 Å². The molecule has 0 aromatic carbocycles. The summed E-state index contributed by atoms with van der Waals surface area (Å²) in [6, 6.07) is 0.205. The molecular weight excluding hydrogens is 236 g/mol. The van der Waals surface area contributed by atoms with Gasteiger partial charge in [0.2, 0.25) is 0 Å². The first-order chi connectivity index (χ1) is 8.18. The Morgan fingerprint density at radius 1 is 1.71 bits per heavy atom. The van der Waals surface area contributed by atoms with Crippen LogP contribution in [-0.2, 0) is 4.79 Å². The summed E-state index contributed by atoms with van der Waals surface area (Å²) in [5, 5.41) is 14.5. The van der Waals surface area contributed by atoms with E-state index in [4.69, 9.17) is 5.11 Å². The lowest BCUT2D eigenvalue weighted by Crippen LogP contribution is -2.30. The second-order valence-corrected chi connectivity index (χ2v) is 5.40. The number of hydrogen-bond donors (Lipinski definition) is 2. The molecule has 3 unspecified atom stereocenters. The lowest BCUT2D eigenvalue weighted by Gasteiger charge is -2.19. The van der Waals surface area contributed by atoms with E-state index < -0.39 is 5.97 Å². The minimum absolute atomic E-state index is 0.162. The molecule has 1 aromatic heterocycles. The fraction of sp³-hybridized carbons (Fsp3) is 0.667. The summed E-state index contributed by atoms with van der Waals surface area (Å²) in [6.07, 6.45) is 2.88.